The van der Waals surface area contributed by atoms with Gasteiger partial charge in [0.15, 0.2) is 0 Å². The summed E-state index contributed by atoms with van der Waals surface area (Å²) < 4.78 is 0. The fourth-order valence-corrected chi connectivity index (χ4v) is 4.50. The van der Waals surface area contributed by atoms with Crippen molar-refractivity contribution in [2.75, 3.05) is 38.5 Å². The fourth-order valence-electron chi connectivity index (χ4n) is 3.57. The van der Waals surface area contributed by atoms with Gasteiger partial charge in [0.25, 0.3) is 5.91 Å². The Morgan fingerprint density at radius 2 is 1.52 bits per heavy atom. The van der Waals surface area contributed by atoms with Gasteiger partial charge in [-0.25, -0.2) is 0 Å². The number of thioether (sulfide) groups is 1. The Morgan fingerprint density at radius 1 is 0.815 bits per heavy atom. The summed E-state index contributed by atoms with van der Waals surface area (Å²) in [6.45, 7) is 4.57. The van der Waals surface area contributed by atoms with Gasteiger partial charge in [-0.1, -0.05) is 54.6 Å². The third kappa shape index (κ3) is 4.34. The van der Waals surface area contributed by atoms with Gasteiger partial charge in [0.1, 0.15) is 0 Å². The third-order valence-electron chi connectivity index (χ3n) is 5.10. The van der Waals surface area contributed by atoms with Crippen molar-refractivity contribution in [3.8, 4) is 0 Å². The summed E-state index contributed by atoms with van der Waals surface area (Å²) in [6, 6.07) is 24.7. The number of benzene rings is 3. The number of nitrogens with zero attached hydrogens (tertiary/aromatic N) is 2. The summed E-state index contributed by atoms with van der Waals surface area (Å²) in [5.41, 5.74) is 0.821. The van der Waals surface area contributed by atoms with Crippen LogP contribution >= 0.6 is 11.8 Å². The largest absolute Gasteiger partial charge is 0.336 e. The number of amides is 1. The van der Waals surface area contributed by atoms with E-state index < -0.39 is 0 Å². The molecule has 0 aliphatic carbocycles. The second-order valence-electron chi connectivity index (χ2n) is 6.82. The zero-order valence-corrected chi connectivity index (χ0v) is 16.2. The highest BCUT2D eigenvalue weighted by Gasteiger charge is 2.23. The van der Waals surface area contributed by atoms with E-state index in [4.69, 9.17) is 0 Å². The van der Waals surface area contributed by atoms with Crippen molar-refractivity contribution in [2.45, 2.75) is 4.90 Å². The first-order chi connectivity index (χ1) is 13.3. The maximum Gasteiger partial charge on any atom is 0.254 e. The van der Waals surface area contributed by atoms with Gasteiger partial charge >= 0.3 is 0 Å². The molecule has 138 valence electrons. The molecule has 3 aromatic rings. The van der Waals surface area contributed by atoms with Gasteiger partial charge in [-0.3, -0.25) is 9.69 Å². The summed E-state index contributed by atoms with van der Waals surface area (Å²) in [7, 11) is 0. The predicted molar refractivity (Wildman–Crippen MR) is 113 cm³/mol. The second-order valence-corrected chi connectivity index (χ2v) is 7.99. The van der Waals surface area contributed by atoms with Crippen molar-refractivity contribution in [2.24, 2.45) is 0 Å². The van der Waals surface area contributed by atoms with Crippen molar-refractivity contribution in [3.63, 3.8) is 0 Å². The van der Waals surface area contributed by atoms with E-state index in [9.17, 15) is 4.79 Å². The van der Waals surface area contributed by atoms with Crippen LogP contribution in [-0.2, 0) is 0 Å². The molecule has 3 nitrogen and oxygen atoms in total. The van der Waals surface area contributed by atoms with Gasteiger partial charge in [0.05, 0.1) is 0 Å². The lowest BCUT2D eigenvalue weighted by Gasteiger charge is -2.34. The van der Waals surface area contributed by atoms with E-state index in [-0.39, 0.29) is 5.91 Å². The molecule has 1 aliphatic rings. The van der Waals surface area contributed by atoms with E-state index in [1.807, 2.05) is 47.0 Å². The molecule has 0 saturated carbocycles. The lowest BCUT2D eigenvalue weighted by Crippen LogP contribution is -2.49. The van der Waals surface area contributed by atoms with Crippen molar-refractivity contribution < 1.29 is 4.79 Å². The smallest absolute Gasteiger partial charge is 0.254 e. The highest BCUT2D eigenvalue weighted by Crippen LogP contribution is 2.21. The molecule has 1 aliphatic heterocycles. The SMILES string of the molecule is O=C(c1cccc2ccccc12)N1CCN(CCSc2ccccc2)CC1. The Hall–Kier alpha value is -2.30. The molecule has 4 heteroatoms. The number of piperazine rings is 1. The van der Waals surface area contributed by atoms with Crippen molar-refractivity contribution >= 4 is 28.4 Å². The van der Waals surface area contributed by atoms with E-state index >= 15 is 0 Å². The lowest BCUT2D eigenvalue weighted by atomic mass is 10.0. The van der Waals surface area contributed by atoms with Gasteiger partial charge in [0, 0.05) is 48.9 Å². The Bertz CT molecular complexity index is 899. The molecule has 0 N–H and O–H groups in total. The Labute approximate surface area is 165 Å². The van der Waals surface area contributed by atoms with Crippen LogP contribution in [0, 0.1) is 0 Å². The van der Waals surface area contributed by atoms with Crippen molar-refractivity contribution in [1.82, 2.24) is 9.80 Å². The first-order valence-corrected chi connectivity index (χ1v) is 10.5. The van der Waals surface area contributed by atoms with Gasteiger partial charge in [-0.15, -0.1) is 11.8 Å². The maximum atomic E-state index is 13.0. The zero-order valence-electron chi connectivity index (χ0n) is 15.4. The topological polar surface area (TPSA) is 23.6 Å². The molecule has 1 saturated heterocycles. The molecule has 0 spiro atoms. The molecule has 0 bridgehead atoms. The van der Waals surface area contributed by atoms with Gasteiger partial charge in [0.2, 0.25) is 0 Å². The Morgan fingerprint density at radius 3 is 2.33 bits per heavy atom. The molecule has 1 fully saturated rings. The summed E-state index contributed by atoms with van der Waals surface area (Å²) >= 11 is 1.90. The average molecular weight is 377 g/mol. The normalized spacial score (nSPS) is 15.2. The first-order valence-electron chi connectivity index (χ1n) is 9.48. The zero-order chi connectivity index (χ0) is 18.5. The summed E-state index contributed by atoms with van der Waals surface area (Å²) in [5, 5.41) is 2.17. The number of hydrogen-bond acceptors (Lipinski definition) is 3. The predicted octanol–water partition coefficient (Wildman–Crippen LogP) is 4.39. The van der Waals surface area contributed by atoms with Crippen LogP contribution in [0.4, 0.5) is 0 Å². The molecule has 0 atom stereocenters. The summed E-state index contributed by atoms with van der Waals surface area (Å²) in [4.78, 5) is 18.8. The number of hydrogen-bond donors (Lipinski definition) is 0. The molecule has 4 rings (SSSR count). The van der Waals surface area contributed by atoms with Crippen LogP contribution in [0.5, 0.6) is 0 Å². The fraction of sp³-hybridized carbons (Fsp3) is 0.261. The monoisotopic (exact) mass is 376 g/mol. The van der Waals surface area contributed by atoms with E-state index in [1.54, 1.807) is 0 Å². The highest BCUT2D eigenvalue weighted by atomic mass is 32.2. The molecule has 1 amide bonds. The van der Waals surface area contributed by atoms with Crippen molar-refractivity contribution in [1.29, 1.82) is 0 Å². The van der Waals surface area contributed by atoms with Crippen LogP contribution in [-0.4, -0.2) is 54.2 Å². The first kappa shape index (κ1) is 18.1. The molecule has 0 aromatic heterocycles. The minimum atomic E-state index is 0.158. The number of carbonyl (C=O) groups is 1. The van der Waals surface area contributed by atoms with E-state index in [0.717, 1.165) is 54.8 Å². The molecule has 3 aromatic carbocycles. The van der Waals surface area contributed by atoms with Gasteiger partial charge in [-0.2, -0.15) is 0 Å². The highest BCUT2D eigenvalue weighted by molar-refractivity contribution is 7.99. The summed E-state index contributed by atoms with van der Waals surface area (Å²) in [6.07, 6.45) is 0. The van der Waals surface area contributed by atoms with E-state index in [1.165, 1.54) is 4.90 Å². The molecule has 1 heterocycles. The quantitative estimate of drug-likeness (QED) is 0.617. The molecule has 0 radical (unpaired) electrons. The van der Waals surface area contributed by atoms with E-state index in [0.29, 0.717) is 0 Å². The minimum Gasteiger partial charge on any atom is -0.336 e. The Kier molecular flexibility index (Phi) is 5.75. The lowest BCUT2D eigenvalue weighted by molar-refractivity contribution is 0.0646. The maximum absolute atomic E-state index is 13.0. The molecular weight excluding hydrogens is 352 g/mol. The molecular formula is C23H24N2OS. The summed E-state index contributed by atoms with van der Waals surface area (Å²) in [5.74, 6) is 1.24. The van der Waals surface area contributed by atoms with Crippen LogP contribution in [0.1, 0.15) is 10.4 Å². The van der Waals surface area contributed by atoms with Gasteiger partial charge < -0.3 is 4.90 Å². The minimum absolute atomic E-state index is 0.158. The van der Waals surface area contributed by atoms with Crippen molar-refractivity contribution in [3.05, 3.63) is 78.4 Å². The van der Waals surface area contributed by atoms with Crippen LogP contribution in [0.25, 0.3) is 10.8 Å². The number of carbonyl (C=O) groups excluding carboxylic acids is 1. The van der Waals surface area contributed by atoms with Crippen LogP contribution in [0.2, 0.25) is 0 Å². The standard InChI is InChI=1S/C23H24N2OS/c26-23(22-12-6-8-19-7-4-5-11-21(19)22)25-15-13-24(14-16-25)17-18-27-20-9-2-1-3-10-20/h1-12H,13-18H2. The van der Waals surface area contributed by atoms with Gasteiger partial charge in [-0.05, 0) is 29.0 Å². The number of fused-ring (bicyclic) bond motifs is 1. The van der Waals surface area contributed by atoms with Crippen LogP contribution in [0.3, 0.4) is 0 Å². The molecule has 27 heavy (non-hydrogen) atoms. The average Bonchev–Trinajstić information content (AvgIpc) is 2.74. The Balaban J connectivity index is 1.31. The van der Waals surface area contributed by atoms with E-state index in [2.05, 4.69) is 47.4 Å². The van der Waals surface area contributed by atoms with Crippen LogP contribution in [0.15, 0.2) is 77.7 Å². The molecule has 0 unspecified atom stereocenters. The third-order valence-corrected chi connectivity index (χ3v) is 6.09. The number of rotatable bonds is 5. The van der Waals surface area contributed by atoms with Crippen LogP contribution < -0.4 is 0 Å². The second kappa shape index (κ2) is 8.59.